The Kier molecular flexibility index (Phi) is 3.98. The highest BCUT2D eigenvalue weighted by molar-refractivity contribution is 6.52. The Balaban J connectivity index is 2.04. The van der Waals surface area contributed by atoms with Crippen LogP contribution in [0.2, 0.25) is 0 Å². The standard InChI is InChI=1S/C14H18BF2NO2/c1-13(2)14(3,4)20-15(19-13)8-7-10-5-6-11(12(16)17)18-9-10/h5-9,12H,1-4H3/b8-7+. The van der Waals surface area contributed by atoms with E-state index in [9.17, 15) is 8.78 Å². The van der Waals surface area contributed by atoms with Gasteiger partial charge in [0.1, 0.15) is 5.69 Å². The Bertz CT molecular complexity index is 484. The van der Waals surface area contributed by atoms with E-state index in [0.29, 0.717) is 0 Å². The molecular weight excluding hydrogens is 263 g/mol. The van der Waals surface area contributed by atoms with E-state index in [4.69, 9.17) is 9.31 Å². The molecule has 6 heteroatoms. The predicted octanol–water partition coefficient (Wildman–Crippen LogP) is 3.66. The molecule has 0 amide bonds. The van der Waals surface area contributed by atoms with E-state index >= 15 is 0 Å². The number of pyridine rings is 1. The largest absolute Gasteiger partial charge is 0.487 e. The first kappa shape index (κ1) is 15.1. The van der Waals surface area contributed by atoms with E-state index in [2.05, 4.69) is 4.98 Å². The fraction of sp³-hybridized carbons (Fsp3) is 0.500. The van der Waals surface area contributed by atoms with Crippen LogP contribution in [0.4, 0.5) is 8.78 Å². The molecule has 2 heterocycles. The lowest BCUT2D eigenvalue weighted by atomic mass is 9.89. The van der Waals surface area contributed by atoms with Crippen LogP contribution >= 0.6 is 0 Å². The summed E-state index contributed by atoms with van der Waals surface area (Å²) in [5, 5.41) is 0. The molecule has 0 N–H and O–H groups in total. The minimum Gasteiger partial charge on any atom is -0.400 e. The van der Waals surface area contributed by atoms with Crippen molar-refractivity contribution < 1.29 is 18.1 Å². The Hall–Kier alpha value is -1.27. The van der Waals surface area contributed by atoms with Gasteiger partial charge >= 0.3 is 7.12 Å². The first-order valence-electron chi connectivity index (χ1n) is 6.49. The second kappa shape index (κ2) is 5.26. The van der Waals surface area contributed by atoms with Gasteiger partial charge in [0, 0.05) is 6.20 Å². The number of hydrogen-bond acceptors (Lipinski definition) is 3. The maximum absolute atomic E-state index is 12.4. The number of rotatable bonds is 3. The van der Waals surface area contributed by atoms with Crippen molar-refractivity contribution in [2.75, 3.05) is 0 Å². The topological polar surface area (TPSA) is 31.4 Å². The Labute approximate surface area is 118 Å². The lowest BCUT2D eigenvalue weighted by molar-refractivity contribution is 0.00578. The molecule has 1 aliphatic rings. The third-order valence-electron chi connectivity index (χ3n) is 3.75. The highest BCUT2D eigenvalue weighted by atomic mass is 19.3. The monoisotopic (exact) mass is 281 g/mol. The minimum absolute atomic E-state index is 0.224. The number of nitrogens with zero attached hydrogens (tertiary/aromatic N) is 1. The predicted molar refractivity (Wildman–Crippen MR) is 74.3 cm³/mol. The van der Waals surface area contributed by atoms with E-state index < -0.39 is 13.5 Å². The Morgan fingerprint density at radius 2 is 1.75 bits per heavy atom. The van der Waals surface area contributed by atoms with Gasteiger partial charge in [0.05, 0.1) is 11.2 Å². The average molecular weight is 281 g/mol. The first-order valence-corrected chi connectivity index (χ1v) is 6.49. The SMILES string of the molecule is CC1(C)OB(/C=C/c2ccc(C(F)F)nc2)OC1(C)C. The van der Waals surface area contributed by atoms with E-state index in [1.807, 2.05) is 27.7 Å². The van der Waals surface area contributed by atoms with E-state index in [0.717, 1.165) is 5.56 Å². The van der Waals surface area contributed by atoms with Crippen LogP contribution < -0.4 is 0 Å². The summed E-state index contributed by atoms with van der Waals surface area (Å²) in [5.41, 5.74) is -0.276. The molecule has 2 rings (SSSR count). The molecule has 1 aliphatic heterocycles. The van der Waals surface area contributed by atoms with Gasteiger partial charge < -0.3 is 9.31 Å². The number of halogens is 2. The van der Waals surface area contributed by atoms with Crippen molar-refractivity contribution in [2.24, 2.45) is 0 Å². The Morgan fingerprint density at radius 1 is 1.15 bits per heavy atom. The number of aromatic nitrogens is 1. The van der Waals surface area contributed by atoms with E-state index in [1.165, 1.54) is 12.3 Å². The fourth-order valence-electron chi connectivity index (χ4n) is 1.80. The molecule has 0 spiro atoms. The van der Waals surface area contributed by atoms with Crippen molar-refractivity contribution in [3.63, 3.8) is 0 Å². The summed E-state index contributed by atoms with van der Waals surface area (Å²) in [4.78, 5) is 3.70. The summed E-state index contributed by atoms with van der Waals surface area (Å²) < 4.78 is 36.4. The third-order valence-corrected chi connectivity index (χ3v) is 3.75. The van der Waals surface area contributed by atoms with Crippen molar-refractivity contribution >= 4 is 13.2 Å². The summed E-state index contributed by atoms with van der Waals surface area (Å²) in [7, 11) is -0.449. The molecular formula is C14H18BF2NO2. The first-order chi connectivity index (χ1) is 9.21. The van der Waals surface area contributed by atoms with Gasteiger partial charge in [-0.2, -0.15) is 0 Å². The molecule has 0 radical (unpaired) electrons. The minimum atomic E-state index is -2.55. The van der Waals surface area contributed by atoms with E-state index in [-0.39, 0.29) is 16.9 Å². The molecule has 20 heavy (non-hydrogen) atoms. The average Bonchev–Trinajstić information content (AvgIpc) is 2.56. The zero-order valence-electron chi connectivity index (χ0n) is 12.1. The van der Waals surface area contributed by atoms with Crippen molar-refractivity contribution in [1.82, 2.24) is 4.98 Å². The van der Waals surface area contributed by atoms with Crippen LogP contribution in [0.1, 0.15) is 45.4 Å². The van der Waals surface area contributed by atoms with Gasteiger partial charge in [-0.15, -0.1) is 0 Å². The second-order valence-corrected chi connectivity index (χ2v) is 5.80. The lowest BCUT2D eigenvalue weighted by Crippen LogP contribution is -2.41. The maximum Gasteiger partial charge on any atom is 0.487 e. The lowest BCUT2D eigenvalue weighted by Gasteiger charge is -2.32. The maximum atomic E-state index is 12.4. The quantitative estimate of drug-likeness (QED) is 0.792. The summed E-state index contributed by atoms with van der Waals surface area (Å²) in [6.45, 7) is 7.89. The van der Waals surface area contributed by atoms with Gasteiger partial charge in [0.2, 0.25) is 0 Å². The van der Waals surface area contributed by atoms with Crippen molar-refractivity contribution in [1.29, 1.82) is 0 Å². The van der Waals surface area contributed by atoms with Crippen LogP contribution in [0.5, 0.6) is 0 Å². The van der Waals surface area contributed by atoms with Crippen LogP contribution in [0.15, 0.2) is 24.3 Å². The highest BCUT2D eigenvalue weighted by Gasteiger charge is 2.49. The Morgan fingerprint density at radius 3 is 2.20 bits per heavy atom. The van der Waals surface area contributed by atoms with Gasteiger partial charge in [-0.05, 0) is 39.3 Å². The van der Waals surface area contributed by atoms with Crippen molar-refractivity contribution in [2.45, 2.75) is 45.3 Å². The molecule has 1 saturated heterocycles. The van der Waals surface area contributed by atoms with Crippen LogP contribution in [-0.4, -0.2) is 23.3 Å². The molecule has 3 nitrogen and oxygen atoms in total. The van der Waals surface area contributed by atoms with Gasteiger partial charge in [0.15, 0.2) is 0 Å². The molecule has 0 atom stereocenters. The van der Waals surface area contributed by atoms with Crippen LogP contribution in [0.25, 0.3) is 6.08 Å². The van der Waals surface area contributed by atoms with Crippen LogP contribution in [0, 0.1) is 0 Å². The highest BCUT2D eigenvalue weighted by Crippen LogP contribution is 2.37. The molecule has 1 aromatic rings. The summed E-state index contributed by atoms with van der Waals surface area (Å²) in [6.07, 6.45) is 0.615. The van der Waals surface area contributed by atoms with Gasteiger partial charge in [0.25, 0.3) is 6.43 Å². The number of alkyl halides is 2. The molecule has 1 fully saturated rings. The van der Waals surface area contributed by atoms with E-state index in [1.54, 1.807) is 18.1 Å². The fourth-order valence-corrected chi connectivity index (χ4v) is 1.80. The molecule has 0 saturated carbocycles. The molecule has 0 unspecified atom stereocenters. The van der Waals surface area contributed by atoms with Gasteiger partial charge in [-0.25, -0.2) is 8.78 Å². The molecule has 0 bridgehead atoms. The number of hydrogen-bond donors (Lipinski definition) is 0. The molecule has 108 valence electrons. The zero-order valence-corrected chi connectivity index (χ0v) is 12.1. The molecule has 0 aliphatic carbocycles. The van der Waals surface area contributed by atoms with Crippen LogP contribution in [0.3, 0.4) is 0 Å². The molecule has 0 aromatic carbocycles. The van der Waals surface area contributed by atoms with Crippen LogP contribution in [-0.2, 0) is 9.31 Å². The normalized spacial score (nSPS) is 21.1. The van der Waals surface area contributed by atoms with Gasteiger partial charge in [-0.1, -0.05) is 18.1 Å². The smallest absolute Gasteiger partial charge is 0.400 e. The zero-order chi connectivity index (χ0) is 15.0. The van der Waals surface area contributed by atoms with Gasteiger partial charge in [-0.3, -0.25) is 4.98 Å². The summed E-state index contributed by atoms with van der Waals surface area (Å²) >= 11 is 0. The second-order valence-electron chi connectivity index (χ2n) is 5.80. The summed E-state index contributed by atoms with van der Waals surface area (Å²) in [6, 6.07) is 2.91. The third kappa shape index (κ3) is 3.07. The van der Waals surface area contributed by atoms with Crippen molar-refractivity contribution in [3.8, 4) is 0 Å². The summed E-state index contributed by atoms with van der Waals surface area (Å²) in [5.74, 6) is 1.76. The molecule has 1 aromatic heterocycles. The van der Waals surface area contributed by atoms with Crippen molar-refractivity contribution in [3.05, 3.63) is 35.6 Å².